The predicted molar refractivity (Wildman–Crippen MR) is 48.1 cm³/mol. The van der Waals surface area contributed by atoms with Gasteiger partial charge in [0, 0.05) is 18.4 Å². The number of rotatable bonds is 3. The molecule has 4 nitrogen and oxygen atoms in total. The van der Waals surface area contributed by atoms with Crippen LogP contribution in [-0.2, 0) is 9.53 Å². The molecule has 0 aliphatic carbocycles. The summed E-state index contributed by atoms with van der Waals surface area (Å²) in [7, 11) is 1.40. The lowest BCUT2D eigenvalue weighted by molar-refractivity contribution is -0.146. The van der Waals surface area contributed by atoms with E-state index in [4.69, 9.17) is 0 Å². The molecule has 1 aromatic rings. The minimum Gasteiger partial charge on any atom is -0.469 e. The normalized spacial score (nSPS) is 15.0. The molecule has 0 radical (unpaired) electrons. The molecule has 0 saturated carbocycles. The van der Waals surface area contributed by atoms with Gasteiger partial charge in [-0.05, 0) is 13.8 Å². The molecule has 0 spiro atoms. The van der Waals surface area contributed by atoms with Gasteiger partial charge in [-0.3, -0.25) is 4.79 Å². The maximum atomic E-state index is 11.2. The molecule has 0 N–H and O–H groups in total. The van der Waals surface area contributed by atoms with Crippen LogP contribution in [0.2, 0.25) is 0 Å². The molecule has 1 heterocycles. The molecule has 72 valence electrons. The van der Waals surface area contributed by atoms with Crippen molar-refractivity contribution in [3.8, 4) is 0 Å². The van der Waals surface area contributed by atoms with E-state index >= 15 is 0 Å². The highest BCUT2D eigenvalue weighted by atomic mass is 16.5. The van der Waals surface area contributed by atoms with E-state index in [1.165, 1.54) is 7.11 Å². The third kappa shape index (κ3) is 2.08. The molecule has 2 unspecified atom stereocenters. The number of methoxy groups -OCH3 is 1. The minimum atomic E-state index is -0.193. The maximum Gasteiger partial charge on any atom is 0.310 e. The number of ether oxygens (including phenoxy) is 1. The second-order valence-electron chi connectivity index (χ2n) is 3.06. The van der Waals surface area contributed by atoms with Crippen molar-refractivity contribution in [3.05, 3.63) is 18.7 Å². The van der Waals surface area contributed by atoms with Gasteiger partial charge in [-0.2, -0.15) is 0 Å². The molecule has 2 atom stereocenters. The Morgan fingerprint density at radius 3 is 2.69 bits per heavy atom. The zero-order valence-corrected chi connectivity index (χ0v) is 8.10. The van der Waals surface area contributed by atoms with E-state index in [2.05, 4.69) is 9.72 Å². The fourth-order valence-electron chi connectivity index (χ4n) is 1.15. The fraction of sp³-hybridized carbons (Fsp3) is 0.556. The molecule has 0 bridgehead atoms. The van der Waals surface area contributed by atoms with Crippen molar-refractivity contribution in [1.82, 2.24) is 9.55 Å². The first-order chi connectivity index (χ1) is 6.16. The minimum absolute atomic E-state index is 0.0787. The van der Waals surface area contributed by atoms with Crippen molar-refractivity contribution in [2.24, 2.45) is 5.92 Å². The van der Waals surface area contributed by atoms with Gasteiger partial charge in [0.2, 0.25) is 0 Å². The number of carbonyl (C=O) groups excluding carboxylic acids is 1. The van der Waals surface area contributed by atoms with Gasteiger partial charge in [-0.15, -0.1) is 0 Å². The zero-order chi connectivity index (χ0) is 9.84. The highest BCUT2D eigenvalue weighted by Gasteiger charge is 2.21. The number of nitrogens with zero attached hydrogens (tertiary/aromatic N) is 2. The SMILES string of the molecule is COC(=O)C(C)C(C)n1ccnc1. The van der Waals surface area contributed by atoms with Gasteiger partial charge in [0.25, 0.3) is 0 Å². The lowest BCUT2D eigenvalue weighted by atomic mass is 10.0. The third-order valence-electron chi connectivity index (χ3n) is 2.29. The molecule has 1 aromatic heterocycles. The van der Waals surface area contributed by atoms with Gasteiger partial charge in [0.1, 0.15) is 0 Å². The van der Waals surface area contributed by atoms with Crippen molar-refractivity contribution in [1.29, 1.82) is 0 Å². The van der Waals surface area contributed by atoms with Crippen molar-refractivity contribution >= 4 is 5.97 Å². The van der Waals surface area contributed by atoms with Crippen LogP contribution in [0.25, 0.3) is 0 Å². The van der Waals surface area contributed by atoms with Crippen molar-refractivity contribution in [2.75, 3.05) is 7.11 Å². The van der Waals surface area contributed by atoms with Gasteiger partial charge in [0.05, 0.1) is 19.4 Å². The van der Waals surface area contributed by atoms with E-state index in [9.17, 15) is 4.79 Å². The molecular formula is C9H14N2O2. The second-order valence-corrected chi connectivity index (χ2v) is 3.06. The number of aromatic nitrogens is 2. The summed E-state index contributed by atoms with van der Waals surface area (Å²) < 4.78 is 6.55. The highest BCUT2D eigenvalue weighted by Crippen LogP contribution is 2.17. The molecule has 0 saturated heterocycles. The summed E-state index contributed by atoms with van der Waals surface area (Å²) in [6, 6.07) is 0.0787. The van der Waals surface area contributed by atoms with Crippen LogP contribution in [0.3, 0.4) is 0 Å². The molecule has 13 heavy (non-hydrogen) atoms. The molecule has 0 aromatic carbocycles. The van der Waals surface area contributed by atoms with Crippen LogP contribution in [0.15, 0.2) is 18.7 Å². The van der Waals surface area contributed by atoms with Crippen LogP contribution in [0.5, 0.6) is 0 Å². The first kappa shape index (κ1) is 9.77. The third-order valence-corrected chi connectivity index (χ3v) is 2.29. The van der Waals surface area contributed by atoms with E-state index in [0.29, 0.717) is 0 Å². The number of carbonyl (C=O) groups is 1. The van der Waals surface area contributed by atoms with E-state index in [1.807, 2.05) is 24.6 Å². The van der Waals surface area contributed by atoms with E-state index in [1.54, 1.807) is 12.5 Å². The summed E-state index contributed by atoms with van der Waals surface area (Å²) in [6.07, 6.45) is 5.23. The summed E-state index contributed by atoms with van der Waals surface area (Å²) in [5.74, 6) is -0.347. The molecule has 0 aliphatic heterocycles. The van der Waals surface area contributed by atoms with E-state index < -0.39 is 0 Å². The van der Waals surface area contributed by atoms with Crippen LogP contribution in [0.1, 0.15) is 19.9 Å². The van der Waals surface area contributed by atoms with Crippen molar-refractivity contribution in [2.45, 2.75) is 19.9 Å². The average molecular weight is 182 g/mol. The number of esters is 1. The van der Waals surface area contributed by atoms with Gasteiger partial charge >= 0.3 is 5.97 Å². The Hall–Kier alpha value is -1.32. The highest BCUT2D eigenvalue weighted by molar-refractivity contribution is 5.72. The monoisotopic (exact) mass is 182 g/mol. The number of imidazole rings is 1. The number of hydrogen-bond acceptors (Lipinski definition) is 3. The smallest absolute Gasteiger partial charge is 0.310 e. The Kier molecular flexibility index (Phi) is 3.06. The van der Waals surface area contributed by atoms with Crippen molar-refractivity contribution in [3.63, 3.8) is 0 Å². The maximum absolute atomic E-state index is 11.2. The summed E-state index contributed by atoms with van der Waals surface area (Å²) in [5.41, 5.74) is 0. The summed E-state index contributed by atoms with van der Waals surface area (Å²) in [5, 5.41) is 0. The summed E-state index contributed by atoms with van der Waals surface area (Å²) in [4.78, 5) is 15.1. The Bertz CT molecular complexity index is 269. The van der Waals surface area contributed by atoms with E-state index in [-0.39, 0.29) is 17.9 Å². The van der Waals surface area contributed by atoms with Gasteiger partial charge in [0.15, 0.2) is 0 Å². The largest absolute Gasteiger partial charge is 0.469 e. The molecule has 0 aliphatic rings. The average Bonchev–Trinajstić information content (AvgIpc) is 2.67. The quantitative estimate of drug-likeness (QED) is 0.661. The van der Waals surface area contributed by atoms with Crippen LogP contribution < -0.4 is 0 Å². The summed E-state index contributed by atoms with van der Waals surface area (Å²) >= 11 is 0. The van der Waals surface area contributed by atoms with Crippen LogP contribution in [-0.4, -0.2) is 22.6 Å². The zero-order valence-electron chi connectivity index (χ0n) is 8.10. The molecule has 0 fully saturated rings. The van der Waals surface area contributed by atoms with Crippen LogP contribution in [0.4, 0.5) is 0 Å². The lowest BCUT2D eigenvalue weighted by Gasteiger charge is -2.18. The molecule has 0 amide bonds. The van der Waals surface area contributed by atoms with Crippen molar-refractivity contribution < 1.29 is 9.53 Å². The Morgan fingerprint density at radius 2 is 2.23 bits per heavy atom. The van der Waals surface area contributed by atoms with Crippen LogP contribution >= 0.6 is 0 Å². The van der Waals surface area contributed by atoms with E-state index in [0.717, 1.165) is 0 Å². The second kappa shape index (κ2) is 4.07. The molecule has 1 rings (SSSR count). The molecular weight excluding hydrogens is 168 g/mol. The van der Waals surface area contributed by atoms with Gasteiger partial charge < -0.3 is 9.30 Å². The number of hydrogen-bond donors (Lipinski definition) is 0. The Morgan fingerprint density at radius 1 is 1.54 bits per heavy atom. The van der Waals surface area contributed by atoms with Gasteiger partial charge in [-0.25, -0.2) is 4.98 Å². The Labute approximate surface area is 77.5 Å². The summed E-state index contributed by atoms with van der Waals surface area (Å²) in [6.45, 7) is 3.81. The lowest BCUT2D eigenvalue weighted by Crippen LogP contribution is -2.22. The Balaban J connectivity index is 2.68. The topological polar surface area (TPSA) is 44.1 Å². The standard InChI is InChI=1S/C9H14N2O2/c1-7(9(12)13-3)8(2)11-5-4-10-6-11/h4-8H,1-3H3. The predicted octanol–water partition coefficient (Wildman–Crippen LogP) is 1.25. The first-order valence-electron chi connectivity index (χ1n) is 4.22. The van der Waals surface area contributed by atoms with Gasteiger partial charge in [-0.1, -0.05) is 0 Å². The van der Waals surface area contributed by atoms with Crippen LogP contribution in [0, 0.1) is 5.92 Å². The fourth-order valence-corrected chi connectivity index (χ4v) is 1.15. The molecule has 4 heteroatoms. The first-order valence-corrected chi connectivity index (χ1v) is 4.22.